The van der Waals surface area contributed by atoms with Crippen molar-refractivity contribution in [3.8, 4) is 0 Å². The first-order valence-electron chi connectivity index (χ1n) is 10.4. The van der Waals surface area contributed by atoms with Crippen molar-refractivity contribution in [3.63, 3.8) is 0 Å². The van der Waals surface area contributed by atoms with Crippen molar-refractivity contribution in [2.75, 3.05) is 13.2 Å². The van der Waals surface area contributed by atoms with Crippen molar-refractivity contribution < 1.29 is 19.4 Å². The molecule has 2 bridgehead atoms. The van der Waals surface area contributed by atoms with Gasteiger partial charge >= 0.3 is 0 Å². The number of hydrogen-bond acceptors (Lipinski definition) is 4. The van der Waals surface area contributed by atoms with E-state index in [0.29, 0.717) is 30.2 Å². The van der Waals surface area contributed by atoms with Gasteiger partial charge in [-0.25, -0.2) is 0 Å². The minimum atomic E-state index is -0.412. The van der Waals surface area contributed by atoms with E-state index in [-0.39, 0.29) is 24.3 Å². The van der Waals surface area contributed by atoms with Crippen molar-refractivity contribution in [2.24, 2.45) is 29.6 Å². The van der Waals surface area contributed by atoms with Gasteiger partial charge in [-0.3, -0.25) is 4.79 Å². The summed E-state index contributed by atoms with van der Waals surface area (Å²) in [7, 11) is 0. The number of allylic oxidation sites excluding steroid dienone is 1. The molecule has 0 radical (unpaired) electrons. The molecule has 0 saturated heterocycles. The van der Waals surface area contributed by atoms with Crippen LogP contribution < -0.4 is 5.32 Å². The number of nitrogens with one attached hydrogen (secondary N) is 1. The van der Waals surface area contributed by atoms with Gasteiger partial charge in [0.25, 0.3) is 5.91 Å². The van der Waals surface area contributed by atoms with E-state index in [1.807, 2.05) is 13.0 Å². The van der Waals surface area contributed by atoms with E-state index >= 15 is 0 Å². The quantitative estimate of drug-likeness (QED) is 0.693. The Morgan fingerprint density at radius 3 is 2.77 bits per heavy atom. The number of rotatable bonds is 8. The maximum atomic E-state index is 12.9. The van der Waals surface area contributed by atoms with Crippen LogP contribution in [0.2, 0.25) is 0 Å². The summed E-state index contributed by atoms with van der Waals surface area (Å²) in [5, 5.41) is 12.5. The van der Waals surface area contributed by atoms with Crippen LogP contribution in [0.15, 0.2) is 11.8 Å². The van der Waals surface area contributed by atoms with Crippen LogP contribution in [0.1, 0.15) is 59.3 Å². The molecule has 0 aromatic heterocycles. The third-order valence-electron chi connectivity index (χ3n) is 6.51. The molecule has 0 spiro atoms. The van der Waals surface area contributed by atoms with Gasteiger partial charge in [0, 0.05) is 25.2 Å². The van der Waals surface area contributed by atoms with E-state index in [9.17, 15) is 9.90 Å². The zero-order chi connectivity index (χ0) is 18.7. The summed E-state index contributed by atoms with van der Waals surface area (Å²) >= 11 is 0. The minimum Gasteiger partial charge on any atom is -0.459 e. The summed E-state index contributed by atoms with van der Waals surface area (Å²) in [6, 6.07) is 0.306. The Morgan fingerprint density at radius 2 is 2.19 bits per heavy atom. The van der Waals surface area contributed by atoms with Crippen LogP contribution in [-0.4, -0.2) is 36.6 Å². The Bertz CT molecular complexity index is 518. The molecule has 5 nitrogen and oxygen atoms in total. The Morgan fingerprint density at radius 1 is 1.38 bits per heavy atom. The fraction of sp³-hybridized carbons (Fsp3) is 0.857. The zero-order valence-electron chi connectivity index (χ0n) is 16.4. The standard InChI is InChI=1S/C21H35NO4/c1-4-25-21-16(6-5-9-23)17(13(2)3)12-19(26-21)20(24)22-18-11-14-7-8-15(18)10-14/h12-18,21,23H,4-11H2,1-3H3,(H,22,24)/t14?,15?,16-,17-,18?,21-/m1/s1. The predicted molar refractivity (Wildman–Crippen MR) is 100 cm³/mol. The van der Waals surface area contributed by atoms with Crippen LogP contribution in [-0.2, 0) is 14.3 Å². The van der Waals surface area contributed by atoms with Gasteiger partial charge in [0.2, 0.25) is 6.29 Å². The largest absolute Gasteiger partial charge is 0.459 e. The summed E-state index contributed by atoms with van der Waals surface area (Å²) in [6.07, 6.45) is 8.10. The van der Waals surface area contributed by atoms with Gasteiger partial charge in [0.1, 0.15) is 0 Å². The minimum absolute atomic E-state index is 0.0847. The second-order valence-electron chi connectivity index (χ2n) is 8.58. The molecular formula is C21H35NO4. The number of hydrogen-bond donors (Lipinski definition) is 2. The van der Waals surface area contributed by atoms with Crippen LogP contribution >= 0.6 is 0 Å². The normalized spacial score (nSPS) is 36.1. The lowest BCUT2D eigenvalue weighted by Crippen LogP contribution is -2.44. The molecule has 2 N–H and O–H groups in total. The Kier molecular flexibility index (Phi) is 6.62. The van der Waals surface area contributed by atoms with Gasteiger partial charge < -0.3 is 19.9 Å². The van der Waals surface area contributed by atoms with Crippen LogP contribution in [0.25, 0.3) is 0 Å². The summed E-state index contributed by atoms with van der Waals surface area (Å²) in [5.41, 5.74) is 0. The van der Waals surface area contributed by atoms with Gasteiger partial charge in [-0.1, -0.05) is 20.3 Å². The average Bonchev–Trinajstić information content (AvgIpc) is 3.23. The molecule has 2 fully saturated rings. The number of aliphatic hydroxyl groups is 1. The summed E-state index contributed by atoms with van der Waals surface area (Å²) < 4.78 is 11.9. The fourth-order valence-electron chi connectivity index (χ4n) is 5.19. The highest BCUT2D eigenvalue weighted by Crippen LogP contribution is 2.44. The maximum Gasteiger partial charge on any atom is 0.286 e. The lowest BCUT2D eigenvalue weighted by atomic mass is 9.78. The molecule has 5 heteroatoms. The van der Waals surface area contributed by atoms with Crippen molar-refractivity contribution in [2.45, 2.75) is 71.6 Å². The molecule has 3 aliphatic rings. The van der Waals surface area contributed by atoms with Crippen molar-refractivity contribution in [1.29, 1.82) is 0 Å². The molecule has 1 aliphatic heterocycles. The van der Waals surface area contributed by atoms with Crippen LogP contribution in [0.4, 0.5) is 0 Å². The van der Waals surface area contributed by atoms with Crippen LogP contribution in [0.3, 0.4) is 0 Å². The molecule has 2 saturated carbocycles. The van der Waals surface area contributed by atoms with E-state index in [1.54, 1.807) is 0 Å². The molecule has 26 heavy (non-hydrogen) atoms. The smallest absolute Gasteiger partial charge is 0.286 e. The predicted octanol–water partition coefficient (Wildman–Crippen LogP) is 3.23. The average molecular weight is 366 g/mol. The van der Waals surface area contributed by atoms with E-state index in [2.05, 4.69) is 19.2 Å². The second-order valence-corrected chi connectivity index (χ2v) is 8.58. The molecule has 6 atom stereocenters. The van der Waals surface area contributed by atoms with Crippen molar-refractivity contribution in [3.05, 3.63) is 11.8 Å². The topological polar surface area (TPSA) is 67.8 Å². The van der Waals surface area contributed by atoms with Crippen molar-refractivity contribution >= 4 is 5.91 Å². The van der Waals surface area contributed by atoms with Crippen LogP contribution in [0.5, 0.6) is 0 Å². The lowest BCUT2D eigenvalue weighted by molar-refractivity contribution is -0.175. The number of ether oxygens (including phenoxy) is 2. The molecule has 0 aromatic carbocycles. The zero-order valence-corrected chi connectivity index (χ0v) is 16.4. The van der Waals surface area contributed by atoms with Gasteiger partial charge in [0.15, 0.2) is 5.76 Å². The highest BCUT2D eigenvalue weighted by atomic mass is 16.7. The number of carbonyl (C=O) groups excluding carboxylic acids is 1. The van der Waals surface area contributed by atoms with Gasteiger partial charge in [-0.05, 0) is 68.8 Å². The molecule has 1 amide bonds. The highest BCUT2D eigenvalue weighted by molar-refractivity contribution is 5.91. The van der Waals surface area contributed by atoms with E-state index in [4.69, 9.17) is 9.47 Å². The number of carbonyl (C=O) groups is 1. The van der Waals surface area contributed by atoms with Crippen LogP contribution in [0, 0.1) is 29.6 Å². The third kappa shape index (κ3) is 4.25. The Labute approximate surface area is 157 Å². The first-order chi connectivity index (χ1) is 12.5. The van der Waals surface area contributed by atoms with E-state index in [0.717, 1.165) is 25.2 Å². The first kappa shape index (κ1) is 19.7. The lowest BCUT2D eigenvalue weighted by Gasteiger charge is -2.38. The van der Waals surface area contributed by atoms with E-state index in [1.165, 1.54) is 19.3 Å². The first-order valence-corrected chi connectivity index (χ1v) is 10.4. The number of fused-ring (bicyclic) bond motifs is 2. The summed E-state index contributed by atoms with van der Waals surface area (Å²) in [5.74, 6) is 2.55. The van der Waals surface area contributed by atoms with E-state index < -0.39 is 6.29 Å². The summed E-state index contributed by atoms with van der Waals surface area (Å²) in [4.78, 5) is 12.9. The Hall–Kier alpha value is -1.07. The molecule has 0 aromatic rings. The third-order valence-corrected chi connectivity index (χ3v) is 6.51. The summed E-state index contributed by atoms with van der Waals surface area (Å²) in [6.45, 7) is 7.01. The van der Waals surface area contributed by atoms with Gasteiger partial charge in [-0.15, -0.1) is 0 Å². The fourth-order valence-corrected chi connectivity index (χ4v) is 5.19. The maximum absolute atomic E-state index is 12.9. The number of aliphatic hydroxyl groups excluding tert-OH is 1. The molecule has 3 unspecified atom stereocenters. The van der Waals surface area contributed by atoms with Gasteiger partial charge in [0.05, 0.1) is 0 Å². The molecule has 3 rings (SSSR count). The second kappa shape index (κ2) is 8.75. The Balaban J connectivity index is 1.71. The number of amides is 1. The SMILES string of the molecule is CCO[C@@H]1OC(C(=O)NC2CC3CCC2C3)=C[C@H](C(C)C)[C@H]1CCCO. The highest BCUT2D eigenvalue weighted by Gasteiger charge is 2.42. The molecular weight excluding hydrogens is 330 g/mol. The molecule has 1 heterocycles. The molecule has 2 aliphatic carbocycles. The monoisotopic (exact) mass is 365 g/mol. The van der Waals surface area contributed by atoms with Crippen molar-refractivity contribution in [1.82, 2.24) is 5.32 Å². The van der Waals surface area contributed by atoms with Gasteiger partial charge in [-0.2, -0.15) is 0 Å². The molecule has 148 valence electrons.